The van der Waals surface area contributed by atoms with E-state index >= 15 is 0 Å². The van der Waals surface area contributed by atoms with Crippen molar-refractivity contribution in [2.24, 2.45) is 5.92 Å². The SMILES string of the molecule is Cc1cc(CNC(=O)NC2CCC(C(=O)O)CC2)on1. The number of aromatic nitrogens is 1. The molecule has 0 aliphatic heterocycles. The molecule has 1 aromatic heterocycles. The van der Waals surface area contributed by atoms with E-state index in [0.29, 0.717) is 31.4 Å². The quantitative estimate of drug-likeness (QED) is 0.774. The third-order valence-corrected chi connectivity index (χ3v) is 3.51. The fourth-order valence-electron chi connectivity index (χ4n) is 2.39. The zero-order valence-electron chi connectivity index (χ0n) is 11.4. The monoisotopic (exact) mass is 281 g/mol. The predicted molar refractivity (Wildman–Crippen MR) is 70.0 cm³/mol. The lowest BCUT2D eigenvalue weighted by molar-refractivity contribution is -0.142. The van der Waals surface area contributed by atoms with Crippen LogP contribution in [0.3, 0.4) is 0 Å². The maximum Gasteiger partial charge on any atom is 0.315 e. The van der Waals surface area contributed by atoms with Crippen LogP contribution in [0.5, 0.6) is 0 Å². The second-order valence-corrected chi connectivity index (χ2v) is 5.15. The summed E-state index contributed by atoms with van der Waals surface area (Å²) in [4.78, 5) is 22.5. The number of aliphatic carboxylic acids is 1. The molecule has 1 aliphatic carbocycles. The topological polar surface area (TPSA) is 104 Å². The molecule has 2 amide bonds. The highest BCUT2D eigenvalue weighted by molar-refractivity contribution is 5.74. The first-order chi connectivity index (χ1) is 9.54. The third-order valence-electron chi connectivity index (χ3n) is 3.51. The van der Waals surface area contributed by atoms with Gasteiger partial charge in [-0.1, -0.05) is 5.16 Å². The van der Waals surface area contributed by atoms with E-state index in [-0.39, 0.29) is 24.5 Å². The minimum Gasteiger partial charge on any atom is -0.481 e. The smallest absolute Gasteiger partial charge is 0.315 e. The zero-order valence-corrected chi connectivity index (χ0v) is 11.4. The Hall–Kier alpha value is -2.05. The van der Waals surface area contributed by atoms with Crippen LogP contribution in [0.2, 0.25) is 0 Å². The van der Waals surface area contributed by atoms with Crippen LogP contribution in [0.25, 0.3) is 0 Å². The van der Waals surface area contributed by atoms with E-state index in [4.69, 9.17) is 9.63 Å². The number of urea groups is 1. The van der Waals surface area contributed by atoms with E-state index in [2.05, 4.69) is 15.8 Å². The minimum absolute atomic E-state index is 0.0436. The molecule has 20 heavy (non-hydrogen) atoms. The van der Waals surface area contributed by atoms with Crippen molar-refractivity contribution in [1.29, 1.82) is 0 Å². The van der Waals surface area contributed by atoms with Crippen LogP contribution in [-0.2, 0) is 11.3 Å². The van der Waals surface area contributed by atoms with Crippen molar-refractivity contribution in [3.8, 4) is 0 Å². The molecule has 1 aromatic rings. The van der Waals surface area contributed by atoms with Crippen molar-refractivity contribution >= 4 is 12.0 Å². The lowest BCUT2D eigenvalue weighted by atomic mass is 9.86. The van der Waals surface area contributed by atoms with Gasteiger partial charge in [-0.15, -0.1) is 0 Å². The number of carboxylic acids is 1. The molecule has 3 N–H and O–H groups in total. The summed E-state index contributed by atoms with van der Waals surface area (Å²) in [5.74, 6) is -0.408. The Morgan fingerprint density at radius 2 is 2.10 bits per heavy atom. The molecule has 1 aliphatic rings. The highest BCUT2D eigenvalue weighted by Gasteiger charge is 2.26. The first-order valence-electron chi connectivity index (χ1n) is 6.74. The lowest BCUT2D eigenvalue weighted by Gasteiger charge is -2.26. The molecule has 0 aromatic carbocycles. The van der Waals surface area contributed by atoms with Crippen molar-refractivity contribution in [2.45, 2.75) is 45.2 Å². The summed E-state index contributed by atoms with van der Waals surface area (Å²) in [5.41, 5.74) is 0.772. The van der Waals surface area contributed by atoms with Gasteiger partial charge in [0.1, 0.15) is 0 Å². The normalized spacial score (nSPS) is 22.2. The van der Waals surface area contributed by atoms with Crippen LogP contribution >= 0.6 is 0 Å². The number of hydrogen-bond donors (Lipinski definition) is 3. The van der Waals surface area contributed by atoms with Gasteiger partial charge in [-0.05, 0) is 32.6 Å². The zero-order chi connectivity index (χ0) is 14.5. The van der Waals surface area contributed by atoms with Gasteiger partial charge in [-0.25, -0.2) is 4.79 Å². The second kappa shape index (κ2) is 6.40. The van der Waals surface area contributed by atoms with E-state index < -0.39 is 5.97 Å². The molecule has 7 nitrogen and oxygen atoms in total. The van der Waals surface area contributed by atoms with Crippen LogP contribution in [0.1, 0.15) is 37.1 Å². The van der Waals surface area contributed by atoms with E-state index in [9.17, 15) is 9.59 Å². The number of carbonyl (C=O) groups is 2. The first kappa shape index (κ1) is 14.4. The lowest BCUT2D eigenvalue weighted by Crippen LogP contribution is -2.43. The summed E-state index contributed by atoms with van der Waals surface area (Å²) < 4.78 is 4.99. The van der Waals surface area contributed by atoms with Crippen LogP contribution < -0.4 is 10.6 Å². The Kier molecular flexibility index (Phi) is 4.60. The molecule has 0 atom stereocenters. The van der Waals surface area contributed by atoms with Crippen molar-refractivity contribution < 1.29 is 19.2 Å². The number of carbonyl (C=O) groups excluding carboxylic acids is 1. The molecular formula is C13H19N3O4. The number of nitrogens with zero attached hydrogens (tertiary/aromatic N) is 1. The Balaban J connectivity index is 1.69. The van der Waals surface area contributed by atoms with E-state index in [1.165, 1.54) is 0 Å². The van der Waals surface area contributed by atoms with Crippen molar-refractivity contribution in [3.05, 3.63) is 17.5 Å². The Morgan fingerprint density at radius 1 is 1.40 bits per heavy atom. The molecule has 0 radical (unpaired) electrons. The van der Waals surface area contributed by atoms with E-state index in [1.807, 2.05) is 6.92 Å². The number of carboxylic acid groups (broad SMARTS) is 1. The van der Waals surface area contributed by atoms with E-state index in [0.717, 1.165) is 5.69 Å². The molecule has 2 rings (SSSR count). The van der Waals surface area contributed by atoms with Gasteiger partial charge < -0.3 is 20.3 Å². The molecular weight excluding hydrogens is 262 g/mol. The fraction of sp³-hybridized carbons (Fsp3) is 0.615. The van der Waals surface area contributed by atoms with Gasteiger partial charge in [0.25, 0.3) is 0 Å². The molecule has 1 saturated carbocycles. The summed E-state index contributed by atoms with van der Waals surface area (Å²) in [6.45, 7) is 2.10. The summed E-state index contributed by atoms with van der Waals surface area (Å²) in [6.07, 6.45) is 2.63. The van der Waals surface area contributed by atoms with Crippen molar-refractivity contribution in [1.82, 2.24) is 15.8 Å². The average Bonchev–Trinajstić information content (AvgIpc) is 2.83. The Morgan fingerprint density at radius 3 is 2.65 bits per heavy atom. The molecule has 110 valence electrons. The van der Waals surface area contributed by atoms with Gasteiger partial charge in [0, 0.05) is 12.1 Å². The van der Waals surface area contributed by atoms with Crippen molar-refractivity contribution in [3.63, 3.8) is 0 Å². The molecule has 0 bridgehead atoms. The molecule has 1 fully saturated rings. The predicted octanol–water partition coefficient (Wildman–Crippen LogP) is 1.43. The largest absolute Gasteiger partial charge is 0.481 e. The van der Waals surface area contributed by atoms with Crippen LogP contribution in [0.4, 0.5) is 4.79 Å². The summed E-state index contributed by atoms with van der Waals surface area (Å²) in [5, 5.41) is 18.2. The van der Waals surface area contributed by atoms with Gasteiger partial charge in [-0.2, -0.15) is 0 Å². The number of aryl methyl sites for hydroxylation is 1. The number of nitrogens with one attached hydrogen (secondary N) is 2. The van der Waals surface area contributed by atoms with Gasteiger partial charge in [0.05, 0.1) is 18.2 Å². The Bertz CT molecular complexity index is 478. The van der Waals surface area contributed by atoms with Gasteiger partial charge in [0.15, 0.2) is 5.76 Å². The minimum atomic E-state index is -0.742. The molecule has 7 heteroatoms. The average molecular weight is 281 g/mol. The van der Waals surface area contributed by atoms with Crippen molar-refractivity contribution in [2.75, 3.05) is 0 Å². The van der Waals surface area contributed by atoms with E-state index in [1.54, 1.807) is 6.07 Å². The second-order valence-electron chi connectivity index (χ2n) is 5.15. The number of hydrogen-bond acceptors (Lipinski definition) is 4. The maximum atomic E-state index is 11.7. The molecule has 1 heterocycles. The number of rotatable bonds is 4. The van der Waals surface area contributed by atoms with Crippen LogP contribution in [0, 0.1) is 12.8 Å². The van der Waals surface area contributed by atoms with Crippen LogP contribution in [-0.4, -0.2) is 28.3 Å². The van der Waals surface area contributed by atoms with Crippen LogP contribution in [0.15, 0.2) is 10.6 Å². The summed E-state index contributed by atoms with van der Waals surface area (Å²) >= 11 is 0. The van der Waals surface area contributed by atoms with Gasteiger partial charge >= 0.3 is 12.0 Å². The summed E-state index contributed by atoms with van der Waals surface area (Å²) in [6, 6.07) is 1.54. The van der Waals surface area contributed by atoms with Gasteiger partial charge in [-0.3, -0.25) is 4.79 Å². The molecule has 0 unspecified atom stereocenters. The standard InChI is InChI=1S/C13H19N3O4/c1-8-6-11(20-16-8)7-14-13(19)15-10-4-2-9(3-5-10)12(17)18/h6,9-10H,2-5,7H2,1H3,(H,17,18)(H2,14,15,19). The first-order valence-corrected chi connectivity index (χ1v) is 6.74. The third kappa shape index (κ3) is 3.97. The molecule has 0 spiro atoms. The Labute approximate surface area is 116 Å². The molecule has 0 saturated heterocycles. The number of amides is 2. The fourth-order valence-corrected chi connectivity index (χ4v) is 2.39. The van der Waals surface area contributed by atoms with Gasteiger partial charge in [0.2, 0.25) is 0 Å². The maximum absolute atomic E-state index is 11.7. The highest BCUT2D eigenvalue weighted by atomic mass is 16.5. The highest BCUT2D eigenvalue weighted by Crippen LogP contribution is 2.24. The summed E-state index contributed by atoms with van der Waals surface area (Å²) in [7, 11) is 0.